The maximum absolute atomic E-state index is 11.0. The quantitative estimate of drug-likeness (QED) is 0.672. The Bertz CT molecular complexity index is 659. The standard InChI is InChI=1S/C15H15ClN2O3/c1-10(17)11-5-2-3-8-15(11)21-9-12-13(16)6-4-7-14(12)18(19)20/h2-8,10H,9,17H2,1H3/t10-/m0/s1. The molecule has 1 atom stereocenters. The highest BCUT2D eigenvalue weighted by Crippen LogP contribution is 2.29. The first kappa shape index (κ1) is 15.3. The number of para-hydroxylation sites is 1. The molecule has 6 heteroatoms. The van der Waals surface area contributed by atoms with E-state index in [4.69, 9.17) is 22.1 Å². The van der Waals surface area contributed by atoms with E-state index in [2.05, 4.69) is 0 Å². The number of nitrogens with two attached hydrogens (primary N) is 1. The Balaban J connectivity index is 2.27. The number of halogens is 1. The van der Waals surface area contributed by atoms with E-state index in [-0.39, 0.29) is 18.3 Å². The van der Waals surface area contributed by atoms with Crippen molar-refractivity contribution in [3.8, 4) is 5.75 Å². The lowest BCUT2D eigenvalue weighted by atomic mass is 10.1. The first-order valence-corrected chi connectivity index (χ1v) is 6.77. The second-order valence-electron chi connectivity index (χ2n) is 4.61. The fraction of sp³-hybridized carbons (Fsp3) is 0.200. The Kier molecular flexibility index (Phi) is 4.77. The predicted octanol–water partition coefficient (Wildman–Crippen LogP) is 3.85. The summed E-state index contributed by atoms with van der Waals surface area (Å²) in [5, 5.41) is 11.3. The van der Waals surface area contributed by atoms with Gasteiger partial charge in [-0.25, -0.2) is 0 Å². The van der Waals surface area contributed by atoms with E-state index in [0.717, 1.165) is 5.56 Å². The summed E-state index contributed by atoms with van der Waals surface area (Å²) in [6.07, 6.45) is 0. The second-order valence-corrected chi connectivity index (χ2v) is 5.02. The molecular formula is C15H15ClN2O3. The number of rotatable bonds is 5. The van der Waals surface area contributed by atoms with Gasteiger partial charge in [0.25, 0.3) is 5.69 Å². The molecule has 0 aromatic heterocycles. The van der Waals surface area contributed by atoms with Gasteiger partial charge >= 0.3 is 0 Å². The van der Waals surface area contributed by atoms with Gasteiger partial charge < -0.3 is 10.5 Å². The molecule has 5 nitrogen and oxygen atoms in total. The molecule has 0 bridgehead atoms. The van der Waals surface area contributed by atoms with Gasteiger partial charge in [0.2, 0.25) is 0 Å². The van der Waals surface area contributed by atoms with Crippen molar-refractivity contribution >= 4 is 17.3 Å². The Morgan fingerprint density at radius 2 is 2.00 bits per heavy atom. The van der Waals surface area contributed by atoms with Crippen molar-refractivity contribution in [3.05, 3.63) is 68.7 Å². The van der Waals surface area contributed by atoms with Gasteiger partial charge in [0.05, 0.1) is 15.5 Å². The molecule has 0 radical (unpaired) electrons. The largest absolute Gasteiger partial charge is 0.488 e. The average Bonchev–Trinajstić information content (AvgIpc) is 2.45. The Morgan fingerprint density at radius 3 is 2.67 bits per heavy atom. The maximum Gasteiger partial charge on any atom is 0.277 e. The molecule has 0 aliphatic heterocycles. The zero-order valence-corrected chi connectivity index (χ0v) is 12.2. The molecule has 2 N–H and O–H groups in total. The summed E-state index contributed by atoms with van der Waals surface area (Å²) in [7, 11) is 0. The molecule has 0 amide bonds. The molecule has 0 unspecified atom stereocenters. The summed E-state index contributed by atoms with van der Waals surface area (Å²) in [5.74, 6) is 0.599. The molecule has 0 saturated carbocycles. The highest BCUT2D eigenvalue weighted by atomic mass is 35.5. The Labute approximate surface area is 127 Å². The van der Waals surface area contributed by atoms with E-state index < -0.39 is 4.92 Å². The van der Waals surface area contributed by atoms with Crippen LogP contribution in [0.25, 0.3) is 0 Å². The highest BCUT2D eigenvalue weighted by molar-refractivity contribution is 6.31. The summed E-state index contributed by atoms with van der Waals surface area (Å²) < 4.78 is 5.69. The monoisotopic (exact) mass is 306 g/mol. The van der Waals surface area contributed by atoms with Gasteiger partial charge in [0.15, 0.2) is 0 Å². The van der Waals surface area contributed by atoms with E-state index >= 15 is 0 Å². The van der Waals surface area contributed by atoms with Crippen LogP contribution in [-0.4, -0.2) is 4.92 Å². The number of nitrogens with zero attached hydrogens (tertiary/aromatic N) is 1. The smallest absolute Gasteiger partial charge is 0.277 e. The van der Waals surface area contributed by atoms with Crippen LogP contribution in [0.2, 0.25) is 5.02 Å². The van der Waals surface area contributed by atoms with Gasteiger partial charge in [0.1, 0.15) is 12.4 Å². The lowest BCUT2D eigenvalue weighted by Crippen LogP contribution is -2.08. The van der Waals surface area contributed by atoms with Crippen molar-refractivity contribution in [1.29, 1.82) is 0 Å². The van der Waals surface area contributed by atoms with Crippen molar-refractivity contribution in [1.82, 2.24) is 0 Å². The highest BCUT2D eigenvalue weighted by Gasteiger charge is 2.18. The van der Waals surface area contributed by atoms with Crippen LogP contribution in [0.4, 0.5) is 5.69 Å². The minimum absolute atomic E-state index is 0.0136. The van der Waals surface area contributed by atoms with E-state index in [0.29, 0.717) is 16.3 Å². The van der Waals surface area contributed by atoms with E-state index in [9.17, 15) is 10.1 Å². The third kappa shape index (κ3) is 3.51. The van der Waals surface area contributed by atoms with E-state index in [1.165, 1.54) is 6.07 Å². The average molecular weight is 307 g/mol. The first-order chi connectivity index (χ1) is 10.0. The van der Waals surface area contributed by atoms with Crippen LogP contribution in [-0.2, 0) is 6.61 Å². The molecule has 2 aromatic rings. The Morgan fingerprint density at radius 1 is 1.29 bits per heavy atom. The topological polar surface area (TPSA) is 78.4 Å². The van der Waals surface area contributed by atoms with Crippen molar-refractivity contribution in [2.45, 2.75) is 19.6 Å². The second kappa shape index (κ2) is 6.56. The normalized spacial score (nSPS) is 12.0. The number of nitro groups is 1. The van der Waals surface area contributed by atoms with Crippen molar-refractivity contribution in [2.75, 3.05) is 0 Å². The lowest BCUT2D eigenvalue weighted by Gasteiger charge is -2.14. The van der Waals surface area contributed by atoms with Gasteiger partial charge in [-0.2, -0.15) is 0 Å². The molecule has 21 heavy (non-hydrogen) atoms. The van der Waals surface area contributed by atoms with Crippen molar-refractivity contribution in [3.63, 3.8) is 0 Å². The van der Waals surface area contributed by atoms with Crippen molar-refractivity contribution < 1.29 is 9.66 Å². The van der Waals surface area contributed by atoms with Crippen LogP contribution in [0.3, 0.4) is 0 Å². The number of nitro benzene ring substituents is 1. The van der Waals surface area contributed by atoms with Crippen molar-refractivity contribution in [2.24, 2.45) is 5.73 Å². The van der Waals surface area contributed by atoms with Crippen LogP contribution in [0.5, 0.6) is 5.75 Å². The van der Waals surface area contributed by atoms with Gasteiger partial charge in [-0.05, 0) is 19.1 Å². The van der Waals surface area contributed by atoms with Crippen LogP contribution in [0, 0.1) is 10.1 Å². The molecule has 0 aliphatic rings. The van der Waals surface area contributed by atoms with Crippen LogP contribution >= 0.6 is 11.6 Å². The molecule has 0 fully saturated rings. The number of hydrogen-bond donors (Lipinski definition) is 1. The maximum atomic E-state index is 11.0. The summed E-state index contributed by atoms with van der Waals surface area (Å²) in [6, 6.07) is 11.7. The predicted molar refractivity (Wildman–Crippen MR) is 81.5 cm³/mol. The number of ether oxygens (including phenoxy) is 1. The lowest BCUT2D eigenvalue weighted by molar-refractivity contribution is -0.385. The third-order valence-electron chi connectivity index (χ3n) is 3.07. The van der Waals surface area contributed by atoms with Gasteiger partial charge in [0, 0.05) is 17.7 Å². The third-order valence-corrected chi connectivity index (χ3v) is 3.43. The summed E-state index contributed by atoms with van der Waals surface area (Å²) in [6.45, 7) is 1.86. The minimum atomic E-state index is -0.470. The van der Waals surface area contributed by atoms with E-state index in [1.54, 1.807) is 18.2 Å². The molecule has 110 valence electrons. The zero-order valence-electron chi connectivity index (χ0n) is 11.5. The molecule has 0 heterocycles. The number of hydrogen-bond acceptors (Lipinski definition) is 4. The van der Waals surface area contributed by atoms with Crippen LogP contribution in [0.15, 0.2) is 42.5 Å². The van der Waals surface area contributed by atoms with Crippen LogP contribution in [0.1, 0.15) is 24.1 Å². The van der Waals surface area contributed by atoms with Gasteiger partial charge in [-0.3, -0.25) is 10.1 Å². The first-order valence-electron chi connectivity index (χ1n) is 6.39. The number of benzene rings is 2. The summed E-state index contributed by atoms with van der Waals surface area (Å²) in [5.41, 5.74) is 7.01. The van der Waals surface area contributed by atoms with E-state index in [1.807, 2.05) is 25.1 Å². The molecule has 0 aliphatic carbocycles. The molecule has 2 aromatic carbocycles. The fourth-order valence-corrected chi connectivity index (χ4v) is 2.22. The molecule has 2 rings (SSSR count). The zero-order chi connectivity index (χ0) is 15.4. The van der Waals surface area contributed by atoms with Crippen LogP contribution < -0.4 is 10.5 Å². The molecular weight excluding hydrogens is 292 g/mol. The summed E-state index contributed by atoms with van der Waals surface area (Å²) >= 11 is 6.03. The summed E-state index contributed by atoms with van der Waals surface area (Å²) in [4.78, 5) is 10.6. The molecule has 0 saturated heterocycles. The Hall–Kier alpha value is -2.11. The minimum Gasteiger partial charge on any atom is -0.488 e. The fourth-order valence-electron chi connectivity index (χ4n) is 2.00. The van der Waals surface area contributed by atoms with Gasteiger partial charge in [-0.1, -0.05) is 35.9 Å². The SMILES string of the molecule is C[C@H](N)c1ccccc1OCc1c(Cl)cccc1[N+](=O)[O-]. The molecule has 0 spiro atoms. The van der Waals surface area contributed by atoms with Gasteiger partial charge in [-0.15, -0.1) is 0 Å².